The Hall–Kier alpha value is -1.48. The number of nitrogens with zero attached hydrogens (tertiary/aromatic N) is 1. The minimum Gasteiger partial charge on any atom is -0.451 e. The van der Waals surface area contributed by atoms with Gasteiger partial charge in [0, 0.05) is 11.3 Å². The third-order valence-corrected chi connectivity index (χ3v) is 1.61. The Bertz CT molecular complexity index is 373. The first kappa shape index (κ1) is 9.61. The maximum absolute atomic E-state index is 5.61. The first-order valence-corrected chi connectivity index (χ1v) is 3.60. The van der Waals surface area contributed by atoms with E-state index in [1.165, 1.54) is 6.39 Å². The zero-order chi connectivity index (χ0) is 8.39. The van der Waals surface area contributed by atoms with Gasteiger partial charge in [0.15, 0.2) is 6.39 Å². The van der Waals surface area contributed by atoms with Crippen LogP contribution in [-0.4, -0.2) is 4.98 Å². The topological polar surface area (TPSA) is 52.0 Å². The zero-order valence-corrected chi connectivity index (χ0v) is 7.62. The van der Waals surface area contributed by atoms with Crippen LogP contribution in [0.5, 0.6) is 0 Å². The molecular weight excluding hydrogens is 188 g/mol. The summed E-state index contributed by atoms with van der Waals surface area (Å²) in [5.74, 6) is 0. The Balaban J connectivity index is 0.000000845. The summed E-state index contributed by atoms with van der Waals surface area (Å²) in [5.41, 5.74) is 8.12. The predicted octanol–water partition coefficient (Wildman–Crippen LogP) is 2.35. The average Bonchev–Trinajstić information content (AvgIpc) is 2.56. The highest BCUT2D eigenvalue weighted by Crippen LogP contribution is 2.18. The van der Waals surface area contributed by atoms with Gasteiger partial charge in [-0.3, -0.25) is 0 Å². The summed E-state index contributed by atoms with van der Waals surface area (Å²) in [5, 5.41) is 0. The molecule has 0 saturated carbocycles. The molecule has 1 heterocycles. The van der Waals surface area contributed by atoms with Crippen molar-refractivity contribution in [2.75, 3.05) is 5.73 Å². The molecule has 0 bridgehead atoms. The van der Waals surface area contributed by atoms with Gasteiger partial charge < -0.3 is 10.2 Å². The standard InChI is InChI=1S/C9H8N2O.ClH/c10-8-3-1-2-7(4-8)9-5-12-6-11-9;/h1-6H,10H2;1H. The van der Waals surface area contributed by atoms with Crippen LogP contribution < -0.4 is 5.73 Å². The van der Waals surface area contributed by atoms with Crippen molar-refractivity contribution in [3.63, 3.8) is 0 Å². The number of anilines is 1. The third-order valence-electron chi connectivity index (χ3n) is 1.61. The van der Waals surface area contributed by atoms with E-state index in [0.29, 0.717) is 0 Å². The number of halogens is 1. The van der Waals surface area contributed by atoms with Crippen LogP contribution in [0.4, 0.5) is 5.69 Å². The van der Waals surface area contributed by atoms with Crippen molar-refractivity contribution in [3.8, 4) is 11.3 Å². The summed E-state index contributed by atoms with van der Waals surface area (Å²) in [6.45, 7) is 0. The van der Waals surface area contributed by atoms with Crippen molar-refractivity contribution >= 4 is 18.1 Å². The van der Waals surface area contributed by atoms with Crippen LogP contribution in [0, 0.1) is 0 Å². The largest absolute Gasteiger partial charge is 0.451 e. The van der Waals surface area contributed by atoms with Gasteiger partial charge in [-0.2, -0.15) is 0 Å². The van der Waals surface area contributed by atoms with Gasteiger partial charge in [-0.25, -0.2) is 4.98 Å². The van der Waals surface area contributed by atoms with Crippen molar-refractivity contribution in [1.29, 1.82) is 0 Å². The minimum absolute atomic E-state index is 0. The fourth-order valence-electron chi connectivity index (χ4n) is 1.05. The predicted molar refractivity (Wildman–Crippen MR) is 53.6 cm³/mol. The van der Waals surface area contributed by atoms with Gasteiger partial charge in [0.25, 0.3) is 0 Å². The molecule has 0 saturated heterocycles. The molecule has 0 fully saturated rings. The zero-order valence-electron chi connectivity index (χ0n) is 6.81. The van der Waals surface area contributed by atoms with E-state index in [9.17, 15) is 0 Å². The number of hydrogen-bond donors (Lipinski definition) is 1. The molecular formula is C9H9ClN2O. The van der Waals surface area contributed by atoms with E-state index in [0.717, 1.165) is 16.9 Å². The van der Waals surface area contributed by atoms with Crippen LogP contribution in [0.15, 0.2) is 41.3 Å². The molecule has 68 valence electrons. The highest BCUT2D eigenvalue weighted by Gasteiger charge is 1.99. The number of aromatic nitrogens is 1. The van der Waals surface area contributed by atoms with Crippen molar-refractivity contribution in [1.82, 2.24) is 4.98 Å². The molecule has 0 spiro atoms. The maximum atomic E-state index is 5.61. The summed E-state index contributed by atoms with van der Waals surface area (Å²) < 4.78 is 4.86. The van der Waals surface area contributed by atoms with Crippen LogP contribution in [0.2, 0.25) is 0 Å². The smallest absolute Gasteiger partial charge is 0.181 e. The molecule has 0 aliphatic heterocycles. The maximum Gasteiger partial charge on any atom is 0.181 e. The number of hydrogen-bond acceptors (Lipinski definition) is 3. The number of nitrogens with two attached hydrogens (primary N) is 1. The second-order valence-electron chi connectivity index (χ2n) is 2.50. The Labute approximate surface area is 82.0 Å². The fourth-order valence-corrected chi connectivity index (χ4v) is 1.05. The van der Waals surface area contributed by atoms with Gasteiger partial charge in [0.05, 0.1) is 0 Å². The lowest BCUT2D eigenvalue weighted by molar-refractivity contribution is 0.558. The van der Waals surface area contributed by atoms with Crippen LogP contribution in [0.25, 0.3) is 11.3 Å². The molecule has 1 aromatic carbocycles. The number of nitrogen functional groups attached to an aromatic ring is 1. The first-order valence-electron chi connectivity index (χ1n) is 3.60. The molecule has 0 aliphatic rings. The second kappa shape index (κ2) is 3.96. The molecule has 0 unspecified atom stereocenters. The Morgan fingerprint density at radius 3 is 2.77 bits per heavy atom. The number of oxazole rings is 1. The van der Waals surface area contributed by atoms with Crippen LogP contribution >= 0.6 is 12.4 Å². The molecule has 2 rings (SSSR count). The van der Waals surface area contributed by atoms with Crippen LogP contribution in [0.3, 0.4) is 0 Å². The van der Waals surface area contributed by atoms with E-state index >= 15 is 0 Å². The van der Waals surface area contributed by atoms with E-state index < -0.39 is 0 Å². The first-order chi connectivity index (χ1) is 5.86. The van der Waals surface area contributed by atoms with Crippen LogP contribution in [0.1, 0.15) is 0 Å². The molecule has 0 radical (unpaired) electrons. The second-order valence-corrected chi connectivity index (χ2v) is 2.50. The summed E-state index contributed by atoms with van der Waals surface area (Å²) in [6.07, 6.45) is 2.99. The van der Waals surface area contributed by atoms with E-state index in [4.69, 9.17) is 10.2 Å². The lowest BCUT2D eigenvalue weighted by Gasteiger charge is -1.95. The van der Waals surface area contributed by atoms with Gasteiger partial charge in [-0.1, -0.05) is 12.1 Å². The molecule has 0 aliphatic carbocycles. The quantitative estimate of drug-likeness (QED) is 0.713. The molecule has 2 N–H and O–H groups in total. The van der Waals surface area contributed by atoms with Gasteiger partial charge >= 0.3 is 0 Å². The minimum atomic E-state index is 0. The Morgan fingerprint density at radius 1 is 1.31 bits per heavy atom. The highest BCUT2D eigenvalue weighted by atomic mass is 35.5. The third kappa shape index (κ3) is 2.00. The molecule has 3 nitrogen and oxygen atoms in total. The molecule has 0 atom stereocenters. The lowest BCUT2D eigenvalue weighted by Crippen LogP contribution is -1.84. The summed E-state index contributed by atoms with van der Waals surface area (Å²) in [7, 11) is 0. The number of rotatable bonds is 1. The lowest BCUT2D eigenvalue weighted by atomic mass is 10.1. The van der Waals surface area contributed by atoms with E-state index in [-0.39, 0.29) is 12.4 Å². The van der Waals surface area contributed by atoms with Gasteiger partial charge in [-0.15, -0.1) is 12.4 Å². The Kier molecular flexibility index (Phi) is 2.93. The molecule has 2 aromatic rings. The fraction of sp³-hybridized carbons (Fsp3) is 0. The number of benzene rings is 1. The van der Waals surface area contributed by atoms with Crippen molar-refractivity contribution in [2.45, 2.75) is 0 Å². The van der Waals surface area contributed by atoms with Crippen molar-refractivity contribution in [2.24, 2.45) is 0 Å². The summed E-state index contributed by atoms with van der Waals surface area (Å²) in [4.78, 5) is 4.01. The van der Waals surface area contributed by atoms with E-state index in [1.807, 2.05) is 24.3 Å². The normalized spacial score (nSPS) is 9.23. The SMILES string of the molecule is Cl.Nc1cccc(-c2cocn2)c1. The monoisotopic (exact) mass is 196 g/mol. The van der Waals surface area contributed by atoms with Gasteiger partial charge in [0.2, 0.25) is 0 Å². The van der Waals surface area contributed by atoms with E-state index in [1.54, 1.807) is 6.26 Å². The van der Waals surface area contributed by atoms with Gasteiger partial charge in [-0.05, 0) is 12.1 Å². The molecule has 13 heavy (non-hydrogen) atoms. The molecule has 4 heteroatoms. The average molecular weight is 197 g/mol. The summed E-state index contributed by atoms with van der Waals surface area (Å²) >= 11 is 0. The van der Waals surface area contributed by atoms with Crippen molar-refractivity contribution < 1.29 is 4.42 Å². The Morgan fingerprint density at radius 2 is 2.15 bits per heavy atom. The highest BCUT2D eigenvalue weighted by molar-refractivity contribution is 5.85. The summed E-state index contributed by atoms with van der Waals surface area (Å²) in [6, 6.07) is 7.52. The van der Waals surface area contributed by atoms with Crippen LogP contribution in [-0.2, 0) is 0 Å². The molecule has 1 aromatic heterocycles. The van der Waals surface area contributed by atoms with Gasteiger partial charge in [0.1, 0.15) is 12.0 Å². The molecule has 0 amide bonds. The van der Waals surface area contributed by atoms with Crippen molar-refractivity contribution in [3.05, 3.63) is 36.9 Å². The van der Waals surface area contributed by atoms with E-state index in [2.05, 4.69) is 4.98 Å².